The molecule has 0 amide bonds. The number of benzene rings is 4. The maximum atomic E-state index is 14.0. The predicted octanol–water partition coefficient (Wildman–Crippen LogP) is 7.93. The number of sulfonamides is 2. The van der Waals surface area contributed by atoms with E-state index in [0.717, 1.165) is 65.1 Å². The van der Waals surface area contributed by atoms with E-state index >= 15 is 0 Å². The van der Waals surface area contributed by atoms with E-state index in [0.29, 0.717) is 17.2 Å². The molecule has 2 aliphatic carbocycles. The minimum absolute atomic E-state index is 0.0451. The molecule has 0 bridgehead atoms. The third kappa shape index (κ3) is 12.1. The molecule has 4 aromatic carbocycles. The van der Waals surface area contributed by atoms with E-state index in [9.17, 15) is 21.9 Å². The van der Waals surface area contributed by atoms with Gasteiger partial charge in [-0.15, -0.1) is 0 Å². The first kappa shape index (κ1) is 50.1. The predicted molar refractivity (Wildman–Crippen MR) is 259 cm³/mol. The number of rotatable bonds is 21. The lowest BCUT2D eigenvalue weighted by Gasteiger charge is -2.22. The Labute approximate surface area is 400 Å². The monoisotopic (exact) mass is 969 g/mol. The number of aromatic nitrogens is 4. The molecule has 1 N–H and O–H groups in total. The summed E-state index contributed by atoms with van der Waals surface area (Å²) >= 11 is 0. The smallest absolute Gasteiger partial charge is 0.263 e. The number of ether oxygens (including phenoxy) is 4. The molecule has 2 atom stereocenters. The molecule has 16 nitrogen and oxygen atoms in total. The van der Waals surface area contributed by atoms with Crippen LogP contribution in [0.1, 0.15) is 97.4 Å². The number of aliphatic hydroxyl groups excluding tert-OH is 1. The lowest BCUT2D eigenvalue weighted by molar-refractivity contribution is 0.187. The van der Waals surface area contributed by atoms with E-state index in [1.54, 1.807) is 70.4 Å². The molecular formula is C50H63N7O9S2. The van der Waals surface area contributed by atoms with Gasteiger partial charge in [-0.05, 0) is 124 Å². The highest BCUT2D eigenvalue weighted by molar-refractivity contribution is 7.89. The molecule has 0 saturated heterocycles. The van der Waals surface area contributed by atoms with Crippen molar-refractivity contribution < 1.29 is 40.9 Å². The van der Waals surface area contributed by atoms with Crippen LogP contribution in [0.15, 0.2) is 119 Å². The third-order valence-corrected chi connectivity index (χ3v) is 15.5. The van der Waals surface area contributed by atoms with Crippen LogP contribution < -0.4 is 18.9 Å². The Morgan fingerprint density at radius 3 is 1.06 bits per heavy atom. The molecule has 2 heterocycles. The Kier molecular flexibility index (Phi) is 16.0. The molecule has 2 aliphatic rings. The van der Waals surface area contributed by atoms with Crippen molar-refractivity contribution in [2.75, 3.05) is 42.5 Å². The van der Waals surface area contributed by atoms with Crippen LogP contribution in [0.25, 0.3) is 0 Å². The Balaban J connectivity index is 0.000000202. The molecule has 68 heavy (non-hydrogen) atoms. The quantitative estimate of drug-likeness (QED) is 0.0740. The maximum absolute atomic E-state index is 14.0. The normalized spacial score (nSPS) is 14.9. The molecule has 364 valence electrons. The average molecular weight is 970 g/mol. The fourth-order valence-electron chi connectivity index (χ4n) is 7.59. The van der Waals surface area contributed by atoms with Gasteiger partial charge in [0.1, 0.15) is 23.0 Å². The van der Waals surface area contributed by atoms with E-state index in [1.807, 2.05) is 91.6 Å². The fraction of sp³-hybridized carbons (Fsp3) is 0.400. The zero-order valence-electron chi connectivity index (χ0n) is 40.0. The van der Waals surface area contributed by atoms with Gasteiger partial charge in [0.05, 0.1) is 58.0 Å². The highest BCUT2D eigenvalue weighted by atomic mass is 32.2. The maximum Gasteiger partial charge on any atom is 0.263 e. The summed E-state index contributed by atoms with van der Waals surface area (Å²) < 4.78 is 82.8. The van der Waals surface area contributed by atoms with E-state index in [2.05, 4.69) is 22.0 Å². The van der Waals surface area contributed by atoms with Crippen LogP contribution in [0.5, 0.6) is 23.0 Å². The number of aliphatic hydroxyl groups is 1. The molecule has 0 radical (unpaired) electrons. The van der Waals surface area contributed by atoms with E-state index < -0.39 is 26.2 Å². The molecule has 6 aromatic rings. The van der Waals surface area contributed by atoms with Crippen molar-refractivity contribution in [1.29, 1.82) is 0 Å². The van der Waals surface area contributed by atoms with E-state index in [1.165, 1.54) is 14.7 Å². The number of hydrogen-bond acceptors (Lipinski definition) is 12. The van der Waals surface area contributed by atoms with Gasteiger partial charge in [0.2, 0.25) is 0 Å². The molecule has 8 rings (SSSR count). The van der Waals surface area contributed by atoms with Crippen molar-refractivity contribution in [2.45, 2.75) is 100.0 Å². The standard InChI is InChI=1S/C26H34N4O4S.C24H29N3O5S/c1-19(28(2)3)25-16-26(27-30(25)22-10-11-22)35(31,32)29(17-20-6-12-23(33-4)13-7-20)18-21-8-14-24(34-5)15-9-21;1-17(28)23-14-24(25-27(23)20-8-9-20)33(29,30)26(15-18-4-10-21(31-2)11-5-18)16-19-6-12-22(32-3)13-7-19/h6-9,12-16,19,22H,10-11,17-18H2,1-5H3;4-7,10-14,17,20,28H,8-9,15-16H2,1-3H3. The highest BCUT2D eigenvalue weighted by Gasteiger charge is 2.36. The summed E-state index contributed by atoms with van der Waals surface area (Å²) in [6.07, 6.45) is 3.11. The van der Waals surface area contributed by atoms with Gasteiger partial charge in [-0.2, -0.15) is 18.8 Å². The second kappa shape index (κ2) is 21.7. The summed E-state index contributed by atoms with van der Waals surface area (Å²) in [6.45, 7) is 4.45. The summed E-state index contributed by atoms with van der Waals surface area (Å²) in [5.74, 6) is 2.86. The lowest BCUT2D eigenvalue weighted by Crippen LogP contribution is -2.30. The number of methoxy groups -OCH3 is 4. The van der Waals surface area contributed by atoms with Crippen molar-refractivity contribution in [3.05, 3.63) is 143 Å². The molecule has 2 saturated carbocycles. The first-order valence-corrected chi connectivity index (χ1v) is 25.5. The van der Waals surface area contributed by atoms with Crippen molar-refractivity contribution in [3.8, 4) is 23.0 Å². The second-order valence-corrected chi connectivity index (χ2v) is 21.2. The molecule has 0 spiro atoms. The zero-order chi connectivity index (χ0) is 48.8. The molecular weight excluding hydrogens is 907 g/mol. The summed E-state index contributed by atoms with van der Waals surface area (Å²) in [6, 6.07) is 33.2. The van der Waals surface area contributed by atoms with Gasteiger partial charge in [0.15, 0.2) is 10.1 Å². The Hall–Kier alpha value is -5.76. The van der Waals surface area contributed by atoms with Crippen LogP contribution in [0, 0.1) is 0 Å². The molecule has 0 aliphatic heterocycles. The van der Waals surface area contributed by atoms with E-state index in [-0.39, 0.29) is 54.4 Å². The summed E-state index contributed by atoms with van der Waals surface area (Å²) in [7, 11) is 2.56. The van der Waals surface area contributed by atoms with E-state index in [4.69, 9.17) is 18.9 Å². The Morgan fingerprint density at radius 1 is 0.529 bits per heavy atom. The number of hydrogen-bond donors (Lipinski definition) is 1. The minimum Gasteiger partial charge on any atom is -0.497 e. The van der Waals surface area contributed by atoms with Crippen LogP contribution in [0.2, 0.25) is 0 Å². The Bertz CT molecular complexity index is 2690. The summed E-state index contributed by atoms with van der Waals surface area (Å²) in [5.41, 5.74) is 4.82. The zero-order valence-corrected chi connectivity index (χ0v) is 41.7. The Morgan fingerprint density at radius 2 is 0.809 bits per heavy atom. The largest absolute Gasteiger partial charge is 0.497 e. The van der Waals surface area contributed by atoms with Crippen LogP contribution in [0.4, 0.5) is 0 Å². The highest BCUT2D eigenvalue weighted by Crippen LogP contribution is 2.39. The first-order valence-electron chi connectivity index (χ1n) is 22.6. The van der Waals surface area contributed by atoms with Gasteiger partial charge in [-0.25, -0.2) is 16.8 Å². The van der Waals surface area contributed by atoms with Gasteiger partial charge in [0.25, 0.3) is 20.0 Å². The van der Waals surface area contributed by atoms with Crippen LogP contribution in [-0.4, -0.2) is 97.5 Å². The van der Waals surface area contributed by atoms with Crippen LogP contribution in [0.3, 0.4) is 0 Å². The first-order chi connectivity index (χ1) is 32.5. The number of nitrogens with zero attached hydrogens (tertiary/aromatic N) is 7. The van der Waals surface area contributed by atoms with Gasteiger partial charge < -0.3 is 29.0 Å². The minimum atomic E-state index is -3.94. The lowest BCUT2D eigenvalue weighted by atomic mass is 10.2. The average Bonchev–Trinajstić information content (AvgIpc) is 4.29. The summed E-state index contributed by atoms with van der Waals surface area (Å²) in [5, 5.41) is 19.3. The summed E-state index contributed by atoms with van der Waals surface area (Å²) in [4.78, 5) is 2.07. The van der Waals surface area contributed by atoms with Crippen LogP contribution >= 0.6 is 0 Å². The van der Waals surface area contributed by atoms with Crippen molar-refractivity contribution in [1.82, 2.24) is 33.1 Å². The van der Waals surface area contributed by atoms with Crippen molar-refractivity contribution in [2.24, 2.45) is 0 Å². The van der Waals surface area contributed by atoms with Gasteiger partial charge in [-0.1, -0.05) is 48.5 Å². The second-order valence-electron chi connectivity index (χ2n) is 17.4. The van der Waals surface area contributed by atoms with Crippen molar-refractivity contribution in [3.63, 3.8) is 0 Å². The molecule has 2 unspecified atom stereocenters. The third-order valence-electron chi connectivity index (χ3n) is 12.2. The fourth-order valence-corrected chi connectivity index (χ4v) is 10.3. The van der Waals surface area contributed by atoms with Crippen LogP contribution in [-0.2, 0) is 46.2 Å². The molecule has 18 heteroatoms. The topological polar surface area (TPSA) is 171 Å². The molecule has 2 fully saturated rings. The van der Waals surface area contributed by atoms with Crippen molar-refractivity contribution >= 4 is 20.0 Å². The molecule has 2 aromatic heterocycles. The SMILES string of the molecule is COc1ccc(CN(Cc2ccc(OC)cc2)S(=O)(=O)c2cc(C(C)N(C)C)n(C3CC3)n2)cc1.COc1ccc(CN(Cc2ccc(OC)cc2)S(=O)(=O)c2cc(C(C)O)n(C3CC3)n2)cc1. The van der Waals surface area contributed by atoms with Gasteiger partial charge in [-0.3, -0.25) is 9.36 Å². The van der Waals surface area contributed by atoms with Gasteiger partial charge in [0, 0.05) is 44.4 Å². The van der Waals surface area contributed by atoms with Gasteiger partial charge >= 0.3 is 0 Å².